The van der Waals surface area contributed by atoms with Gasteiger partial charge >= 0.3 is 0 Å². The summed E-state index contributed by atoms with van der Waals surface area (Å²) >= 11 is 1.53. The van der Waals surface area contributed by atoms with Crippen molar-refractivity contribution in [1.82, 2.24) is 15.2 Å². The number of carbonyl (C=O) groups excluding carboxylic acids is 2. The quantitative estimate of drug-likeness (QED) is 0.850. The molecule has 0 unspecified atom stereocenters. The molecule has 9 nitrogen and oxygen atoms in total. The molecule has 0 aromatic carbocycles. The van der Waals surface area contributed by atoms with Crippen LogP contribution in [0, 0.1) is 0 Å². The van der Waals surface area contributed by atoms with Gasteiger partial charge < -0.3 is 15.5 Å². The number of aliphatic imine (C=N–C) groups is 1. The lowest BCUT2D eigenvalue weighted by Crippen LogP contribution is -2.31. The van der Waals surface area contributed by atoms with Gasteiger partial charge in [-0.2, -0.15) is 0 Å². The standard InChI is InChI=1S/C12H14N6O3S/c1-7(19)14-10-11(17-21-16-10)15-9(20)5-8-6-22-12-13-3-2-4-18(8)12/h6H,2-5H2,1H3,(H,14,16,19)(H,15,17,20). The first-order valence-electron chi connectivity index (χ1n) is 6.71. The molecule has 116 valence electrons. The van der Waals surface area contributed by atoms with E-state index in [-0.39, 0.29) is 29.9 Å². The summed E-state index contributed by atoms with van der Waals surface area (Å²) in [6, 6.07) is 0. The smallest absolute Gasteiger partial charge is 0.231 e. The lowest BCUT2D eigenvalue weighted by molar-refractivity contribution is -0.116. The number of anilines is 2. The molecule has 3 rings (SSSR count). The Balaban J connectivity index is 1.62. The number of fused-ring (bicyclic) bond motifs is 1. The summed E-state index contributed by atoms with van der Waals surface area (Å²) in [5.74, 6) is -0.397. The van der Waals surface area contributed by atoms with Crippen molar-refractivity contribution in [2.24, 2.45) is 4.99 Å². The molecule has 0 saturated carbocycles. The number of thioether (sulfide) groups is 1. The fourth-order valence-electron chi connectivity index (χ4n) is 2.13. The zero-order valence-corrected chi connectivity index (χ0v) is 12.6. The van der Waals surface area contributed by atoms with Gasteiger partial charge in [0.15, 0.2) is 5.17 Å². The highest BCUT2D eigenvalue weighted by Crippen LogP contribution is 2.30. The van der Waals surface area contributed by atoms with Crippen molar-refractivity contribution in [2.45, 2.75) is 19.8 Å². The van der Waals surface area contributed by atoms with Crippen molar-refractivity contribution in [3.63, 3.8) is 0 Å². The Morgan fingerprint density at radius 3 is 2.91 bits per heavy atom. The SMILES string of the molecule is CC(=O)Nc1nonc1NC(=O)CC1=CSC2=NCCCN12. The van der Waals surface area contributed by atoms with Crippen LogP contribution in [-0.4, -0.2) is 45.3 Å². The van der Waals surface area contributed by atoms with Crippen molar-refractivity contribution in [3.05, 3.63) is 11.1 Å². The molecule has 2 aliphatic heterocycles. The fourth-order valence-corrected chi connectivity index (χ4v) is 3.09. The Morgan fingerprint density at radius 1 is 1.36 bits per heavy atom. The summed E-state index contributed by atoms with van der Waals surface area (Å²) in [6.45, 7) is 3.03. The zero-order valence-electron chi connectivity index (χ0n) is 11.8. The van der Waals surface area contributed by atoms with Gasteiger partial charge in [-0.1, -0.05) is 11.8 Å². The molecule has 0 spiro atoms. The number of aromatic nitrogens is 2. The second kappa shape index (κ2) is 6.18. The van der Waals surface area contributed by atoms with Crippen molar-refractivity contribution in [3.8, 4) is 0 Å². The van der Waals surface area contributed by atoms with Gasteiger partial charge in [-0.05, 0) is 22.1 Å². The van der Waals surface area contributed by atoms with Crippen molar-refractivity contribution < 1.29 is 14.2 Å². The van der Waals surface area contributed by atoms with E-state index in [1.807, 2.05) is 10.3 Å². The van der Waals surface area contributed by atoms with E-state index in [1.165, 1.54) is 18.7 Å². The fraction of sp³-hybridized carbons (Fsp3) is 0.417. The number of rotatable bonds is 4. The van der Waals surface area contributed by atoms with E-state index in [0.29, 0.717) is 0 Å². The topological polar surface area (TPSA) is 113 Å². The predicted octanol–water partition coefficient (Wildman–Crippen LogP) is 1.01. The minimum atomic E-state index is -0.324. The van der Waals surface area contributed by atoms with Crippen LogP contribution in [0.1, 0.15) is 19.8 Å². The monoisotopic (exact) mass is 322 g/mol. The molecule has 0 atom stereocenters. The minimum Gasteiger partial charge on any atom is -0.324 e. The number of hydrogen-bond acceptors (Lipinski definition) is 8. The third kappa shape index (κ3) is 3.11. The zero-order chi connectivity index (χ0) is 15.5. The molecule has 22 heavy (non-hydrogen) atoms. The number of amidine groups is 1. The normalized spacial score (nSPS) is 16.7. The van der Waals surface area contributed by atoms with Gasteiger partial charge in [-0.15, -0.1) is 0 Å². The molecule has 1 aromatic heterocycles. The molecule has 3 heterocycles. The maximum atomic E-state index is 12.1. The van der Waals surface area contributed by atoms with Gasteiger partial charge in [0.2, 0.25) is 23.5 Å². The third-order valence-electron chi connectivity index (χ3n) is 3.05. The van der Waals surface area contributed by atoms with Crippen molar-refractivity contribution in [2.75, 3.05) is 23.7 Å². The second-order valence-electron chi connectivity index (χ2n) is 4.76. The van der Waals surface area contributed by atoms with Gasteiger partial charge in [0.25, 0.3) is 0 Å². The molecule has 0 saturated heterocycles. The molecule has 0 radical (unpaired) electrons. The van der Waals surface area contributed by atoms with Crippen molar-refractivity contribution >= 4 is 40.4 Å². The average Bonchev–Trinajstić information content (AvgIpc) is 3.07. The van der Waals surface area contributed by atoms with Gasteiger partial charge in [0.1, 0.15) is 0 Å². The van der Waals surface area contributed by atoms with Gasteiger partial charge in [-0.25, -0.2) is 4.63 Å². The highest BCUT2D eigenvalue weighted by atomic mass is 32.2. The summed E-state index contributed by atoms with van der Waals surface area (Å²) in [7, 11) is 0. The minimum absolute atomic E-state index is 0.0934. The largest absolute Gasteiger partial charge is 0.324 e. The number of nitrogens with zero attached hydrogens (tertiary/aromatic N) is 4. The van der Waals surface area contributed by atoms with E-state index in [1.54, 1.807) is 0 Å². The van der Waals surface area contributed by atoms with E-state index in [0.717, 1.165) is 30.4 Å². The molecular weight excluding hydrogens is 308 g/mol. The highest BCUT2D eigenvalue weighted by Gasteiger charge is 2.26. The van der Waals surface area contributed by atoms with E-state index >= 15 is 0 Å². The van der Waals surface area contributed by atoms with Crippen LogP contribution >= 0.6 is 11.8 Å². The number of carbonyl (C=O) groups is 2. The molecule has 2 amide bonds. The van der Waals surface area contributed by atoms with Crippen LogP contribution in [0.25, 0.3) is 0 Å². The summed E-state index contributed by atoms with van der Waals surface area (Å²) < 4.78 is 4.53. The molecule has 1 aromatic rings. The first-order chi connectivity index (χ1) is 10.6. The van der Waals surface area contributed by atoms with Crippen molar-refractivity contribution in [1.29, 1.82) is 0 Å². The predicted molar refractivity (Wildman–Crippen MR) is 81.1 cm³/mol. The Hall–Kier alpha value is -2.36. The van der Waals surface area contributed by atoms with E-state index in [2.05, 4.69) is 30.6 Å². The maximum absolute atomic E-state index is 12.1. The lowest BCUT2D eigenvalue weighted by Gasteiger charge is -2.24. The highest BCUT2D eigenvalue weighted by molar-refractivity contribution is 8.16. The molecule has 10 heteroatoms. The van der Waals surface area contributed by atoms with Gasteiger partial charge in [0.05, 0.1) is 6.42 Å². The van der Waals surface area contributed by atoms with Gasteiger partial charge in [-0.3, -0.25) is 14.6 Å². The maximum Gasteiger partial charge on any atom is 0.231 e. The Labute approximate surface area is 130 Å². The first-order valence-corrected chi connectivity index (χ1v) is 7.59. The lowest BCUT2D eigenvalue weighted by atomic mass is 10.2. The Bertz CT molecular complexity index is 668. The molecule has 0 bridgehead atoms. The van der Waals surface area contributed by atoms with Crippen LogP contribution in [0.15, 0.2) is 20.7 Å². The number of amides is 2. The van der Waals surface area contributed by atoms with Crippen LogP contribution in [0.5, 0.6) is 0 Å². The van der Waals surface area contributed by atoms with Crippen LogP contribution in [0.3, 0.4) is 0 Å². The van der Waals surface area contributed by atoms with E-state index in [9.17, 15) is 9.59 Å². The molecular formula is C12H14N6O3S. The van der Waals surface area contributed by atoms with Crippen LogP contribution in [-0.2, 0) is 9.59 Å². The second-order valence-corrected chi connectivity index (χ2v) is 5.60. The summed E-state index contributed by atoms with van der Waals surface area (Å²) in [5.41, 5.74) is 0.901. The summed E-state index contributed by atoms with van der Waals surface area (Å²) in [5, 5.41) is 15.0. The average molecular weight is 322 g/mol. The van der Waals surface area contributed by atoms with Gasteiger partial charge in [0, 0.05) is 25.7 Å². The van der Waals surface area contributed by atoms with Crippen LogP contribution in [0.4, 0.5) is 11.6 Å². The first kappa shape index (κ1) is 14.6. The molecule has 2 aliphatic rings. The number of nitrogens with one attached hydrogen (secondary N) is 2. The van der Waals surface area contributed by atoms with Crippen LogP contribution < -0.4 is 10.6 Å². The third-order valence-corrected chi connectivity index (χ3v) is 4.00. The van der Waals surface area contributed by atoms with Crippen LogP contribution in [0.2, 0.25) is 0 Å². The Morgan fingerprint density at radius 2 is 2.14 bits per heavy atom. The molecule has 2 N–H and O–H groups in total. The summed E-state index contributed by atoms with van der Waals surface area (Å²) in [6.07, 6.45) is 1.17. The summed E-state index contributed by atoms with van der Waals surface area (Å²) in [4.78, 5) is 29.6. The number of hydrogen-bond donors (Lipinski definition) is 2. The Kier molecular flexibility index (Phi) is 4.09. The molecule has 0 aliphatic carbocycles. The van der Waals surface area contributed by atoms with E-state index < -0.39 is 0 Å². The molecule has 0 fully saturated rings. The van der Waals surface area contributed by atoms with E-state index in [4.69, 9.17) is 0 Å².